The Labute approximate surface area is 144 Å². The Morgan fingerprint density at radius 1 is 1.21 bits per heavy atom. The standard InChI is InChI=1S/C15H14BrF4NO3/c1-3-24-15(23)8(6-21-5-4-16)14(22)9-7(2)10(17)12(19)13(20)11(9)18/h6,22H,3-5H2,1-2H3. The van der Waals surface area contributed by atoms with Gasteiger partial charge in [-0.1, -0.05) is 15.9 Å². The zero-order chi connectivity index (χ0) is 18.4. The summed E-state index contributed by atoms with van der Waals surface area (Å²) in [5.74, 6) is -9.76. The van der Waals surface area contributed by atoms with Crippen LogP contribution in [0.25, 0.3) is 5.76 Å². The van der Waals surface area contributed by atoms with Crippen molar-refractivity contribution in [2.75, 3.05) is 18.5 Å². The van der Waals surface area contributed by atoms with Gasteiger partial charge in [-0.3, -0.25) is 4.99 Å². The van der Waals surface area contributed by atoms with Gasteiger partial charge in [0, 0.05) is 23.7 Å². The average Bonchev–Trinajstić information content (AvgIpc) is 2.55. The van der Waals surface area contributed by atoms with Crippen molar-refractivity contribution in [3.05, 3.63) is 40.0 Å². The van der Waals surface area contributed by atoms with E-state index in [1.165, 1.54) is 6.92 Å². The lowest BCUT2D eigenvalue weighted by atomic mass is 10.0. The molecule has 0 aliphatic rings. The van der Waals surface area contributed by atoms with Crippen molar-refractivity contribution in [1.29, 1.82) is 0 Å². The molecule has 0 aromatic heterocycles. The van der Waals surface area contributed by atoms with E-state index in [0.29, 0.717) is 5.33 Å². The molecule has 1 N–H and O–H groups in total. The van der Waals surface area contributed by atoms with Crippen LogP contribution in [0.5, 0.6) is 0 Å². The van der Waals surface area contributed by atoms with Gasteiger partial charge in [0.15, 0.2) is 23.3 Å². The van der Waals surface area contributed by atoms with Crippen LogP contribution in [0.15, 0.2) is 10.6 Å². The second-order valence-corrected chi connectivity index (χ2v) is 5.26. The van der Waals surface area contributed by atoms with Crippen LogP contribution in [0.1, 0.15) is 18.1 Å². The molecule has 1 aromatic rings. The van der Waals surface area contributed by atoms with Crippen LogP contribution in [-0.2, 0) is 9.53 Å². The first-order valence-corrected chi connectivity index (χ1v) is 7.89. The number of benzene rings is 1. The smallest absolute Gasteiger partial charge is 0.343 e. The van der Waals surface area contributed by atoms with E-state index in [-0.39, 0.29) is 13.2 Å². The highest BCUT2D eigenvalue weighted by molar-refractivity contribution is 9.09. The van der Waals surface area contributed by atoms with Gasteiger partial charge in [0.1, 0.15) is 11.3 Å². The number of halogens is 5. The van der Waals surface area contributed by atoms with Gasteiger partial charge in [0.25, 0.3) is 0 Å². The highest BCUT2D eigenvalue weighted by atomic mass is 79.9. The second-order valence-electron chi connectivity index (χ2n) is 4.46. The third-order valence-corrected chi connectivity index (χ3v) is 3.28. The Morgan fingerprint density at radius 2 is 1.79 bits per heavy atom. The number of aliphatic imine (C=N–C) groups is 1. The summed E-state index contributed by atoms with van der Waals surface area (Å²) >= 11 is 3.09. The molecule has 0 saturated heterocycles. The third kappa shape index (κ3) is 4.14. The van der Waals surface area contributed by atoms with E-state index in [1.807, 2.05) is 0 Å². The van der Waals surface area contributed by atoms with Gasteiger partial charge in [0.2, 0.25) is 0 Å². The van der Waals surface area contributed by atoms with Crippen LogP contribution in [0, 0.1) is 30.2 Å². The van der Waals surface area contributed by atoms with Crippen LogP contribution in [0.3, 0.4) is 0 Å². The van der Waals surface area contributed by atoms with Crippen molar-refractivity contribution < 1.29 is 32.2 Å². The van der Waals surface area contributed by atoms with E-state index in [2.05, 4.69) is 20.9 Å². The van der Waals surface area contributed by atoms with Crippen molar-refractivity contribution in [3.63, 3.8) is 0 Å². The summed E-state index contributed by atoms with van der Waals surface area (Å²) in [6.07, 6.45) is 0.895. The molecule has 0 saturated carbocycles. The molecule has 1 aromatic carbocycles. The molecule has 0 spiro atoms. The fraction of sp³-hybridized carbons (Fsp3) is 0.333. The SMILES string of the molecule is CCOC(=O)C(C=NCCBr)=C(O)c1c(C)c(F)c(F)c(F)c1F. The lowest BCUT2D eigenvalue weighted by Gasteiger charge is -2.12. The Hall–Kier alpha value is -1.90. The number of aliphatic hydroxyl groups is 1. The fourth-order valence-electron chi connectivity index (χ4n) is 1.78. The van der Waals surface area contributed by atoms with Crippen LogP contribution in [-0.4, -0.2) is 35.8 Å². The molecule has 0 heterocycles. The van der Waals surface area contributed by atoms with Crippen LogP contribution < -0.4 is 0 Å². The van der Waals surface area contributed by atoms with E-state index in [4.69, 9.17) is 4.74 Å². The molecule has 0 aliphatic carbocycles. The summed E-state index contributed by atoms with van der Waals surface area (Å²) in [5, 5.41) is 10.6. The average molecular weight is 412 g/mol. The number of ether oxygens (including phenoxy) is 1. The number of alkyl halides is 1. The summed E-state index contributed by atoms with van der Waals surface area (Å²) in [5.41, 5.74) is -2.27. The molecule has 132 valence electrons. The molecular weight excluding hydrogens is 398 g/mol. The molecule has 0 atom stereocenters. The Kier molecular flexibility index (Phi) is 7.40. The zero-order valence-corrected chi connectivity index (χ0v) is 14.4. The van der Waals surface area contributed by atoms with Gasteiger partial charge in [-0.2, -0.15) is 0 Å². The highest BCUT2D eigenvalue weighted by Gasteiger charge is 2.28. The molecule has 0 aliphatic heterocycles. The molecule has 9 heteroatoms. The minimum absolute atomic E-state index is 0.0600. The lowest BCUT2D eigenvalue weighted by Crippen LogP contribution is -2.14. The van der Waals surface area contributed by atoms with Gasteiger partial charge in [-0.15, -0.1) is 0 Å². The minimum Gasteiger partial charge on any atom is -0.506 e. The second kappa shape index (κ2) is 8.81. The maximum Gasteiger partial charge on any atom is 0.343 e. The number of carbonyl (C=O) groups excluding carboxylic acids is 1. The number of hydrogen-bond donors (Lipinski definition) is 1. The number of carbonyl (C=O) groups is 1. The molecule has 0 fully saturated rings. The van der Waals surface area contributed by atoms with Gasteiger partial charge >= 0.3 is 5.97 Å². The molecule has 24 heavy (non-hydrogen) atoms. The van der Waals surface area contributed by atoms with Crippen LogP contribution >= 0.6 is 15.9 Å². The van der Waals surface area contributed by atoms with Gasteiger partial charge in [-0.05, 0) is 13.8 Å². The number of rotatable bonds is 6. The minimum atomic E-state index is -2.10. The fourth-order valence-corrected chi connectivity index (χ4v) is 1.99. The number of nitrogens with zero attached hydrogens (tertiary/aromatic N) is 1. The summed E-state index contributed by atoms with van der Waals surface area (Å²) in [6.45, 7) is 2.58. The lowest BCUT2D eigenvalue weighted by molar-refractivity contribution is -0.137. The first-order chi connectivity index (χ1) is 11.3. The maximum atomic E-state index is 14.0. The summed E-state index contributed by atoms with van der Waals surface area (Å²) in [6, 6.07) is 0. The van der Waals surface area contributed by atoms with Crippen molar-refractivity contribution >= 4 is 33.9 Å². The topological polar surface area (TPSA) is 58.9 Å². The van der Waals surface area contributed by atoms with Crippen molar-refractivity contribution in [2.45, 2.75) is 13.8 Å². The van der Waals surface area contributed by atoms with E-state index in [0.717, 1.165) is 13.1 Å². The van der Waals surface area contributed by atoms with Gasteiger partial charge < -0.3 is 9.84 Å². The Balaban J connectivity index is 3.64. The van der Waals surface area contributed by atoms with E-state index in [1.54, 1.807) is 0 Å². The maximum absolute atomic E-state index is 14.0. The van der Waals surface area contributed by atoms with E-state index in [9.17, 15) is 27.5 Å². The predicted octanol–water partition coefficient (Wildman–Crippen LogP) is 3.85. The zero-order valence-electron chi connectivity index (χ0n) is 12.8. The van der Waals surface area contributed by atoms with Crippen LogP contribution in [0.4, 0.5) is 17.6 Å². The van der Waals surface area contributed by atoms with Crippen LogP contribution in [0.2, 0.25) is 0 Å². The van der Waals surface area contributed by atoms with Crippen molar-refractivity contribution in [1.82, 2.24) is 0 Å². The first kappa shape index (κ1) is 20.1. The van der Waals surface area contributed by atoms with Crippen molar-refractivity contribution in [2.24, 2.45) is 4.99 Å². The summed E-state index contributed by atoms with van der Waals surface area (Å²) < 4.78 is 59.0. The van der Waals surface area contributed by atoms with Gasteiger partial charge in [-0.25, -0.2) is 22.4 Å². The summed E-state index contributed by atoms with van der Waals surface area (Å²) in [4.78, 5) is 15.7. The number of hydrogen-bond acceptors (Lipinski definition) is 4. The first-order valence-electron chi connectivity index (χ1n) is 6.76. The number of esters is 1. The normalized spacial score (nSPS) is 12.5. The highest BCUT2D eigenvalue weighted by Crippen LogP contribution is 2.29. The quantitative estimate of drug-likeness (QED) is 0.113. The molecule has 1 rings (SSSR count). The number of aliphatic hydroxyl groups excluding tert-OH is 1. The molecule has 4 nitrogen and oxygen atoms in total. The molecule has 0 unspecified atom stereocenters. The predicted molar refractivity (Wildman–Crippen MR) is 84.3 cm³/mol. The van der Waals surface area contributed by atoms with E-state index >= 15 is 0 Å². The third-order valence-electron chi connectivity index (χ3n) is 2.92. The largest absolute Gasteiger partial charge is 0.506 e. The molecule has 0 amide bonds. The van der Waals surface area contributed by atoms with Gasteiger partial charge in [0.05, 0.1) is 12.2 Å². The molecule has 0 radical (unpaired) electrons. The molecule has 0 bridgehead atoms. The summed E-state index contributed by atoms with van der Waals surface area (Å²) in [7, 11) is 0. The Morgan fingerprint density at radius 3 is 2.33 bits per heavy atom. The van der Waals surface area contributed by atoms with E-state index < -0.39 is 51.7 Å². The molecular formula is C15H14BrF4NO3. The Bertz CT molecular complexity index is 675. The van der Waals surface area contributed by atoms with Crippen molar-refractivity contribution in [3.8, 4) is 0 Å². The monoisotopic (exact) mass is 411 g/mol.